The van der Waals surface area contributed by atoms with E-state index in [2.05, 4.69) is 56.4 Å². The highest BCUT2D eigenvalue weighted by molar-refractivity contribution is 5.80. The third-order valence-electron chi connectivity index (χ3n) is 5.89. The van der Waals surface area contributed by atoms with Crippen molar-refractivity contribution < 1.29 is 4.74 Å². The topological polar surface area (TPSA) is 75.5 Å². The minimum Gasteiger partial charge on any atom is -0.369 e. The number of hydrogen-bond donors (Lipinski definition) is 1. The second kappa shape index (κ2) is 8.04. The molecule has 2 aromatic heterocycles. The van der Waals surface area contributed by atoms with E-state index in [-0.39, 0.29) is 11.9 Å². The average Bonchev–Trinajstić information content (AvgIpc) is 3.29. The van der Waals surface area contributed by atoms with E-state index in [0.717, 1.165) is 55.6 Å². The number of piperazine rings is 1. The highest BCUT2D eigenvalue weighted by Gasteiger charge is 2.21. The van der Waals surface area contributed by atoms with Crippen LogP contribution in [-0.2, 0) is 4.74 Å². The fourth-order valence-electron chi connectivity index (χ4n) is 4.13. The molecule has 0 bridgehead atoms. The molecule has 0 spiro atoms. The quantitative estimate of drug-likeness (QED) is 0.714. The Morgan fingerprint density at radius 3 is 2.57 bits per heavy atom. The second-order valence-electron chi connectivity index (χ2n) is 7.97. The summed E-state index contributed by atoms with van der Waals surface area (Å²) in [5.41, 5.74) is 2.69. The molecule has 30 heavy (non-hydrogen) atoms. The standard InChI is InChI=1S/C22H26N6O2/c1-26-8-10-27(11-9-26)18-6-4-17(5-7-18)25-20-13-19-16(14-23-20)15-24-22(29)28(19)21-3-2-12-30-21/h4-7,13-15,21H,2-3,8-12H2,1H3,(H,23,25). The number of benzene rings is 1. The molecule has 2 saturated heterocycles. The summed E-state index contributed by atoms with van der Waals surface area (Å²) in [6.07, 6.45) is 4.83. The molecule has 0 radical (unpaired) electrons. The van der Waals surface area contributed by atoms with E-state index in [1.54, 1.807) is 17.0 Å². The van der Waals surface area contributed by atoms with Crippen molar-refractivity contribution in [3.63, 3.8) is 0 Å². The molecular formula is C22H26N6O2. The lowest BCUT2D eigenvalue weighted by Crippen LogP contribution is -2.44. The van der Waals surface area contributed by atoms with E-state index in [0.29, 0.717) is 12.4 Å². The van der Waals surface area contributed by atoms with Gasteiger partial charge in [-0.1, -0.05) is 0 Å². The zero-order valence-corrected chi connectivity index (χ0v) is 17.1. The Bertz CT molecular complexity index is 1080. The van der Waals surface area contributed by atoms with Crippen LogP contribution in [0.1, 0.15) is 19.1 Å². The first-order valence-electron chi connectivity index (χ1n) is 10.5. The average molecular weight is 406 g/mol. The SMILES string of the molecule is CN1CCN(c2ccc(Nc3cc4c(cn3)cnc(=O)n4C3CCCO3)cc2)CC1. The third kappa shape index (κ3) is 3.76. The molecule has 8 heteroatoms. The fourth-order valence-corrected chi connectivity index (χ4v) is 4.13. The molecule has 3 aromatic rings. The van der Waals surface area contributed by atoms with Gasteiger partial charge in [0.15, 0.2) is 0 Å². The van der Waals surface area contributed by atoms with Crippen molar-refractivity contribution >= 4 is 28.1 Å². The lowest BCUT2D eigenvalue weighted by molar-refractivity contribution is 0.0564. The zero-order valence-electron chi connectivity index (χ0n) is 17.1. The van der Waals surface area contributed by atoms with Crippen molar-refractivity contribution in [2.24, 2.45) is 0 Å². The van der Waals surface area contributed by atoms with Gasteiger partial charge in [-0.05, 0) is 44.2 Å². The Labute approximate surface area is 175 Å². The molecule has 4 heterocycles. The van der Waals surface area contributed by atoms with Crippen LogP contribution in [0.2, 0.25) is 0 Å². The molecule has 8 nitrogen and oxygen atoms in total. The first-order valence-corrected chi connectivity index (χ1v) is 10.5. The van der Waals surface area contributed by atoms with Crippen molar-refractivity contribution in [1.82, 2.24) is 19.4 Å². The largest absolute Gasteiger partial charge is 0.369 e. The number of anilines is 3. The summed E-state index contributed by atoms with van der Waals surface area (Å²) >= 11 is 0. The minimum atomic E-state index is -0.289. The molecule has 5 rings (SSSR count). The maximum absolute atomic E-state index is 12.4. The Balaban J connectivity index is 1.39. The van der Waals surface area contributed by atoms with E-state index in [4.69, 9.17) is 4.74 Å². The molecule has 1 N–H and O–H groups in total. The van der Waals surface area contributed by atoms with Gasteiger partial charge in [-0.15, -0.1) is 0 Å². The highest BCUT2D eigenvalue weighted by Crippen LogP contribution is 2.27. The maximum atomic E-state index is 12.4. The number of ether oxygens (including phenoxy) is 1. The van der Waals surface area contributed by atoms with E-state index >= 15 is 0 Å². The maximum Gasteiger partial charge on any atom is 0.350 e. The van der Waals surface area contributed by atoms with Crippen LogP contribution < -0.4 is 15.9 Å². The number of aromatic nitrogens is 3. The first kappa shape index (κ1) is 19.0. The van der Waals surface area contributed by atoms with Crippen molar-refractivity contribution in [3.05, 3.63) is 53.2 Å². The van der Waals surface area contributed by atoms with Crippen LogP contribution in [0, 0.1) is 0 Å². The van der Waals surface area contributed by atoms with Crippen LogP contribution in [0.5, 0.6) is 0 Å². The van der Waals surface area contributed by atoms with Crippen LogP contribution in [0.25, 0.3) is 10.9 Å². The van der Waals surface area contributed by atoms with Gasteiger partial charge in [0.1, 0.15) is 12.0 Å². The van der Waals surface area contributed by atoms with E-state index in [9.17, 15) is 4.79 Å². The van der Waals surface area contributed by atoms with Crippen LogP contribution in [0.3, 0.4) is 0 Å². The molecule has 1 aromatic carbocycles. The third-order valence-corrected chi connectivity index (χ3v) is 5.89. The molecule has 2 fully saturated rings. The number of fused-ring (bicyclic) bond motifs is 1. The van der Waals surface area contributed by atoms with Gasteiger partial charge in [0, 0.05) is 68.0 Å². The van der Waals surface area contributed by atoms with Crippen molar-refractivity contribution in [2.45, 2.75) is 19.1 Å². The predicted octanol–water partition coefficient (Wildman–Crippen LogP) is 2.60. The fraction of sp³-hybridized carbons (Fsp3) is 0.409. The Hall–Kier alpha value is -2.97. The van der Waals surface area contributed by atoms with Gasteiger partial charge in [0.05, 0.1) is 5.52 Å². The number of rotatable bonds is 4. The summed E-state index contributed by atoms with van der Waals surface area (Å²) in [5, 5.41) is 4.18. The smallest absolute Gasteiger partial charge is 0.350 e. The number of nitrogens with zero attached hydrogens (tertiary/aromatic N) is 5. The first-order chi connectivity index (χ1) is 14.7. The van der Waals surface area contributed by atoms with Crippen LogP contribution in [-0.4, -0.2) is 59.3 Å². The van der Waals surface area contributed by atoms with E-state index < -0.39 is 0 Å². The molecule has 1 unspecified atom stereocenters. The Kier molecular flexibility index (Phi) is 5.10. The molecule has 2 aliphatic rings. The minimum absolute atomic E-state index is 0.258. The molecule has 0 aliphatic carbocycles. The van der Waals surface area contributed by atoms with Crippen molar-refractivity contribution in [1.29, 1.82) is 0 Å². The van der Waals surface area contributed by atoms with Crippen LogP contribution in [0.4, 0.5) is 17.2 Å². The molecule has 2 aliphatic heterocycles. The number of likely N-dealkylation sites (N-methyl/N-ethyl adjacent to an activating group) is 1. The van der Waals surface area contributed by atoms with E-state index in [1.165, 1.54) is 5.69 Å². The monoisotopic (exact) mass is 406 g/mol. The summed E-state index contributed by atoms with van der Waals surface area (Å²) in [7, 11) is 2.16. The van der Waals surface area contributed by atoms with Crippen LogP contribution in [0.15, 0.2) is 47.5 Å². The summed E-state index contributed by atoms with van der Waals surface area (Å²) in [6.45, 7) is 4.93. The van der Waals surface area contributed by atoms with Gasteiger partial charge in [0.2, 0.25) is 0 Å². The van der Waals surface area contributed by atoms with Crippen molar-refractivity contribution in [2.75, 3.05) is 50.1 Å². The molecule has 0 amide bonds. The second-order valence-corrected chi connectivity index (χ2v) is 7.97. The van der Waals surface area contributed by atoms with Gasteiger partial charge < -0.3 is 19.9 Å². The molecule has 156 valence electrons. The Morgan fingerprint density at radius 1 is 1.07 bits per heavy atom. The van der Waals surface area contributed by atoms with Gasteiger partial charge in [-0.3, -0.25) is 4.57 Å². The predicted molar refractivity (Wildman–Crippen MR) is 117 cm³/mol. The summed E-state index contributed by atoms with van der Waals surface area (Å²) in [4.78, 5) is 25.7. The summed E-state index contributed by atoms with van der Waals surface area (Å²) in [5.74, 6) is 0.687. The lowest BCUT2D eigenvalue weighted by atomic mass is 10.2. The zero-order chi connectivity index (χ0) is 20.5. The van der Waals surface area contributed by atoms with Gasteiger partial charge in [0.25, 0.3) is 0 Å². The highest BCUT2D eigenvalue weighted by atomic mass is 16.5. The van der Waals surface area contributed by atoms with Crippen LogP contribution >= 0.6 is 0 Å². The van der Waals surface area contributed by atoms with Crippen molar-refractivity contribution in [3.8, 4) is 0 Å². The molecular weight excluding hydrogens is 380 g/mol. The molecule has 1 atom stereocenters. The number of nitrogens with one attached hydrogen (secondary N) is 1. The molecule has 0 saturated carbocycles. The lowest BCUT2D eigenvalue weighted by Gasteiger charge is -2.34. The van der Waals surface area contributed by atoms with Gasteiger partial charge in [-0.25, -0.2) is 14.8 Å². The Morgan fingerprint density at radius 2 is 1.83 bits per heavy atom. The number of hydrogen-bond acceptors (Lipinski definition) is 7. The van der Waals surface area contributed by atoms with Gasteiger partial charge >= 0.3 is 5.69 Å². The number of pyridine rings is 1. The summed E-state index contributed by atoms with van der Waals surface area (Å²) in [6, 6.07) is 10.3. The normalized spacial score (nSPS) is 20.0. The summed E-state index contributed by atoms with van der Waals surface area (Å²) < 4.78 is 7.38. The van der Waals surface area contributed by atoms with E-state index in [1.807, 2.05) is 6.07 Å². The van der Waals surface area contributed by atoms with Gasteiger partial charge in [-0.2, -0.15) is 0 Å².